The number of hydrogen-bond acceptors (Lipinski definition) is 9. The summed E-state index contributed by atoms with van der Waals surface area (Å²) in [7, 11) is 1.47. The molecule has 45 heavy (non-hydrogen) atoms. The first-order chi connectivity index (χ1) is 22.0. The van der Waals surface area contributed by atoms with Gasteiger partial charge in [-0.3, -0.25) is 9.36 Å². The van der Waals surface area contributed by atoms with Gasteiger partial charge >= 0.3 is 5.97 Å². The maximum absolute atomic E-state index is 12.9. The molecule has 2 aromatic heterocycles. The Labute approximate surface area is 271 Å². The molecule has 12 heteroatoms. The lowest BCUT2D eigenvalue weighted by atomic mass is 10.2. The highest BCUT2D eigenvalue weighted by atomic mass is 35.5. The SMILES string of the molecule is COc1cc(/C=N/NC(=O)CSc2nnc(-c3ccccc3)n2-c2ccccc2)ccc1OC(=O)c1sc2ccccc2c1Cl. The Morgan fingerprint density at radius 3 is 2.44 bits per heavy atom. The third kappa shape index (κ3) is 6.75. The molecule has 0 saturated heterocycles. The first-order valence-electron chi connectivity index (χ1n) is 13.6. The van der Waals surface area contributed by atoms with E-state index < -0.39 is 5.97 Å². The van der Waals surface area contributed by atoms with Gasteiger partial charge in [-0.2, -0.15) is 5.10 Å². The number of nitrogens with zero attached hydrogens (tertiary/aromatic N) is 4. The summed E-state index contributed by atoms with van der Waals surface area (Å²) in [6.45, 7) is 0. The molecule has 9 nitrogen and oxygen atoms in total. The number of ether oxygens (including phenoxy) is 2. The summed E-state index contributed by atoms with van der Waals surface area (Å²) in [5, 5.41) is 14.6. The van der Waals surface area contributed by atoms with Gasteiger partial charge in [-0.1, -0.05) is 90.1 Å². The number of thioether (sulfide) groups is 1. The van der Waals surface area contributed by atoms with Gasteiger partial charge in [-0.05, 0) is 42.0 Å². The molecule has 224 valence electrons. The van der Waals surface area contributed by atoms with Crippen molar-refractivity contribution >= 4 is 62.9 Å². The number of rotatable bonds is 10. The number of halogens is 1. The van der Waals surface area contributed by atoms with Crippen LogP contribution in [0.1, 0.15) is 15.2 Å². The van der Waals surface area contributed by atoms with E-state index in [0.29, 0.717) is 32.2 Å². The molecule has 4 aromatic carbocycles. The number of amides is 1. The van der Waals surface area contributed by atoms with E-state index in [1.165, 1.54) is 36.4 Å². The average molecular weight is 654 g/mol. The summed E-state index contributed by atoms with van der Waals surface area (Å²) in [5.74, 6) is 0.391. The molecule has 2 heterocycles. The summed E-state index contributed by atoms with van der Waals surface area (Å²) in [5.41, 5.74) is 4.96. The minimum absolute atomic E-state index is 0.0651. The highest BCUT2D eigenvalue weighted by molar-refractivity contribution is 7.99. The lowest BCUT2D eigenvalue weighted by Gasteiger charge is -2.10. The van der Waals surface area contributed by atoms with Crippen LogP contribution in [0.4, 0.5) is 0 Å². The first-order valence-corrected chi connectivity index (χ1v) is 15.8. The lowest BCUT2D eigenvalue weighted by Crippen LogP contribution is -2.20. The van der Waals surface area contributed by atoms with Crippen LogP contribution in [-0.2, 0) is 4.79 Å². The predicted octanol–water partition coefficient (Wildman–Crippen LogP) is 7.27. The third-order valence-electron chi connectivity index (χ3n) is 6.53. The number of para-hydroxylation sites is 1. The van der Waals surface area contributed by atoms with Gasteiger partial charge in [0.15, 0.2) is 22.5 Å². The average Bonchev–Trinajstić information content (AvgIpc) is 3.66. The Morgan fingerprint density at radius 2 is 1.69 bits per heavy atom. The van der Waals surface area contributed by atoms with Gasteiger partial charge in [0.1, 0.15) is 4.88 Å². The van der Waals surface area contributed by atoms with E-state index in [0.717, 1.165) is 21.3 Å². The standard InChI is InChI=1S/C33H24ClN5O4S2/c1-42-26-18-21(16-17-25(26)43-32(41)30-29(34)24-14-8-9-15-27(24)45-30)19-35-36-28(40)20-44-33-38-37-31(22-10-4-2-5-11-22)39(33)23-12-6-3-7-13-23/h2-19H,20H2,1H3,(H,36,40)/b35-19+. The van der Waals surface area contributed by atoms with E-state index in [9.17, 15) is 9.59 Å². The van der Waals surface area contributed by atoms with E-state index in [1.54, 1.807) is 18.2 Å². The van der Waals surface area contributed by atoms with Crippen LogP contribution in [0.25, 0.3) is 27.2 Å². The molecule has 0 spiro atoms. The molecule has 0 fully saturated rings. The molecule has 1 amide bonds. The van der Waals surface area contributed by atoms with Gasteiger partial charge < -0.3 is 9.47 Å². The molecule has 0 radical (unpaired) electrons. The maximum Gasteiger partial charge on any atom is 0.355 e. The van der Waals surface area contributed by atoms with Gasteiger partial charge in [-0.25, -0.2) is 10.2 Å². The second kappa shape index (κ2) is 13.8. The molecule has 0 unspecified atom stereocenters. The number of carbonyl (C=O) groups excluding carboxylic acids is 2. The van der Waals surface area contributed by atoms with E-state index in [4.69, 9.17) is 21.1 Å². The molecule has 1 N–H and O–H groups in total. The molecule has 0 aliphatic heterocycles. The highest BCUT2D eigenvalue weighted by Crippen LogP contribution is 2.37. The van der Waals surface area contributed by atoms with E-state index in [2.05, 4.69) is 20.7 Å². The van der Waals surface area contributed by atoms with Crippen LogP contribution in [-0.4, -0.2) is 45.7 Å². The monoisotopic (exact) mass is 653 g/mol. The molecular formula is C33H24ClN5O4S2. The van der Waals surface area contributed by atoms with Gasteiger partial charge in [0, 0.05) is 21.3 Å². The maximum atomic E-state index is 12.9. The van der Waals surface area contributed by atoms with Crippen LogP contribution in [0, 0.1) is 0 Å². The fourth-order valence-corrected chi connectivity index (χ4v) is 6.56. The molecule has 0 bridgehead atoms. The third-order valence-corrected chi connectivity index (χ3v) is 9.11. The number of methoxy groups -OCH3 is 1. The lowest BCUT2D eigenvalue weighted by molar-refractivity contribution is -0.118. The zero-order valence-electron chi connectivity index (χ0n) is 23.7. The zero-order valence-corrected chi connectivity index (χ0v) is 26.1. The normalized spacial score (nSPS) is 11.2. The summed E-state index contributed by atoms with van der Waals surface area (Å²) < 4.78 is 13.9. The smallest absolute Gasteiger partial charge is 0.355 e. The molecule has 0 saturated carbocycles. The van der Waals surface area contributed by atoms with Crippen molar-refractivity contribution < 1.29 is 19.1 Å². The number of carbonyl (C=O) groups is 2. The Bertz CT molecular complexity index is 2010. The molecule has 0 aliphatic rings. The number of nitrogens with one attached hydrogen (secondary N) is 1. The van der Waals surface area contributed by atoms with Crippen LogP contribution in [0.2, 0.25) is 5.02 Å². The Balaban J connectivity index is 1.09. The summed E-state index contributed by atoms with van der Waals surface area (Å²) >= 11 is 8.95. The number of aromatic nitrogens is 3. The predicted molar refractivity (Wildman–Crippen MR) is 178 cm³/mol. The van der Waals surface area contributed by atoms with Crippen LogP contribution in [0.15, 0.2) is 113 Å². The van der Waals surface area contributed by atoms with Crippen molar-refractivity contribution in [2.45, 2.75) is 5.16 Å². The number of thiophene rings is 1. The molecule has 6 rings (SSSR count). The van der Waals surface area contributed by atoms with Gasteiger partial charge in [0.25, 0.3) is 5.91 Å². The van der Waals surface area contributed by atoms with Crippen molar-refractivity contribution in [1.29, 1.82) is 0 Å². The van der Waals surface area contributed by atoms with Crippen LogP contribution in [0.5, 0.6) is 11.5 Å². The van der Waals surface area contributed by atoms with E-state index in [1.807, 2.05) is 89.5 Å². The van der Waals surface area contributed by atoms with Crippen LogP contribution < -0.4 is 14.9 Å². The molecule has 6 aromatic rings. The topological polar surface area (TPSA) is 108 Å². The fraction of sp³-hybridized carbons (Fsp3) is 0.0606. The van der Waals surface area contributed by atoms with Gasteiger partial charge in [0.05, 0.1) is 24.1 Å². The first kappa shape index (κ1) is 30.1. The quantitative estimate of drug-likeness (QED) is 0.0545. The summed E-state index contributed by atoms with van der Waals surface area (Å²) in [6, 6.07) is 31.9. The van der Waals surface area contributed by atoms with Gasteiger partial charge in [0.2, 0.25) is 0 Å². The number of hydrogen-bond donors (Lipinski definition) is 1. The molecular weight excluding hydrogens is 630 g/mol. The van der Waals surface area contributed by atoms with Gasteiger partial charge in [-0.15, -0.1) is 21.5 Å². The minimum atomic E-state index is -0.579. The Hall–Kier alpha value is -4.97. The second-order valence-corrected chi connectivity index (χ2v) is 11.8. The van der Waals surface area contributed by atoms with Crippen LogP contribution in [0.3, 0.4) is 0 Å². The number of benzene rings is 4. The van der Waals surface area contributed by atoms with Crippen molar-refractivity contribution in [2.75, 3.05) is 12.9 Å². The zero-order chi connectivity index (χ0) is 31.2. The van der Waals surface area contributed by atoms with Crippen molar-refractivity contribution in [3.05, 3.63) is 119 Å². The summed E-state index contributed by atoms with van der Waals surface area (Å²) in [4.78, 5) is 25.9. The highest BCUT2D eigenvalue weighted by Gasteiger charge is 2.21. The largest absolute Gasteiger partial charge is 0.493 e. The van der Waals surface area contributed by atoms with Crippen LogP contribution >= 0.6 is 34.7 Å². The van der Waals surface area contributed by atoms with Crippen molar-refractivity contribution in [2.24, 2.45) is 5.10 Å². The molecule has 0 aliphatic carbocycles. The fourth-order valence-electron chi connectivity index (χ4n) is 4.43. The molecule has 0 atom stereocenters. The van der Waals surface area contributed by atoms with Crippen molar-refractivity contribution in [1.82, 2.24) is 20.2 Å². The van der Waals surface area contributed by atoms with Crippen molar-refractivity contribution in [3.8, 4) is 28.6 Å². The summed E-state index contributed by atoms with van der Waals surface area (Å²) in [6.07, 6.45) is 1.47. The number of esters is 1. The number of hydrazone groups is 1. The Kier molecular flexibility index (Phi) is 9.20. The van der Waals surface area contributed by atoms with E-state index in [-0.39, 0.29) is 17.4 Å². The second-order valence-electron chi connectivity index (χ2n) is 9.47. The van der Waals surface area contributed by atoms with Crippen molar-refractivity contribution in [3.63, 3.8) is 0 Å². The Morgan fingerprint density at radius 1 is 0.956 bits per heavy atom. The number of fused-ring (bicyclic) bond motifs is 1. The minimum Gasteiger partial charge on any atom is -0.493 e. The van der Waals surface area contributed by atoms with E-state index >= 15 is 0 Å².